The summed E-state index contributed by atoms with van der Waals surface area (Å²) in [4.78, 5) is 0. The van der Waals surface area contributed by atoms with Crippen LogP contribution in [0.25, 0.3) is 0 Å². The van der Waals surface area contributed by atoms with E-state index in [9.17, 15) is 52.7 Å². The molecule has 0 radical (unpaired) electrons. The third-order valence-electron chi connectivity index (χ3n) is 0.923. The molecular formula is C8H4F12. The molecule has 0 aliphatic carbocycles. The number of rotatable bonds is 0. The molecule has 0 saturated heterocycles. The first-order valence-corrected chi connectivity index (χ1v) is 4.09. The van der Waals surface area contributed by atoms with E-state index in [2.05, 4.69) is 0 Å². The number of hydrogen-bond donors (Lipinski definition) is 0. The molecule has 0 atom stereocenters. The zero-order valence-corrected chi connectivity index (χ0v) is 8.84. The highest BCUT2D eigenvalue weighted by Crippen LogP contribution is 2.23. The van der Waals surface area contributed by atoms with Crippen LogP contribution in [0.5, 0.6) is 0 Å². The normalized spacial score (nSPS) is 14.6. The summed E-state index contributed by atoms with van der Waals surface area (Å²) < 4.78 is 132. The van der Waals surface area contributed by atoms with E-state index in [1.54, 1.807) is 0 Å². The van der Waals surface area contributed by atoms with Gasteiger partial charge in [0.2, 0.25) is 0 Å². The van der Waals surface area contributed by atoms with E-state index >= 15 is 0 Å². The smallest absolute Gasteiger partial charge is 0.167 e. The van der Waals surface area contributed by atoms with Gasteiger partial charge in [-0.25, -0.2) is 0 Å². The van der Waals surface area contributed by atoms with Crippen LogP contribution >= 0.6 is 0 Å². The molecule has 0 fully saturated rings. The van der Waals surface area contributed by atoms with E-state index in [-0.39, 0.29) is 0 Å². The number of alkyl halides is 12. The molecule has 0 spiro atoms. The van der Waals surface area contributed by atoms with Gasteiger partial charge in [0.05, 0.1) is 0 Å². The maximum Gasteiger partial charge on any atom is 0.409 e. The average molecular weight is 328 g/mol. The average Bonchev–Trinajstić information content (AvgIpc) is 2.09. The molecule has 120 valence electrons. The van der Waals surface area contributed by atoms with E-state index < -0.39 is 49.0 Å². The van der Waals surface area contributed by atoms with Crippen molar-refractivity contribution < 1.29 is 52.7 Å². The van der Waals surface area contributed by atoms with Crippen LogP contribution in [0, 0.1) is 0 Å². The van der Waals surface area contributed by atoms with Gasteiger partial charge in [-0.15, -0.1) is 0 Å². The largest absolute Gasteiger partial charge is 0.409 e. The van der Waals surface area contributed by atoms with Crippen LogP contribution in [-0.4, -0.2) is 24.7 Å². The SMILES string of the molecule is FC(F)(F)C=CC(F)(F)F.FC(F)(F)C=CC(F)(F)F. The minimum Gasteiger partial charge on any atom is -0.167 e. The Balaban J connectivity index is 0. The van der Waals surface area contributed by atoms with Crippen molar-refractivity contribution >= 4 is 0 Å². The van der Waals surface area contributed by atoms with Crippen LogP contribution in [0.1, 0.15) is 0 Å². The van der Waals surface area contributed by atoms with Crippen molar-refractivity contribution in [3.05, 3.63) is 24.3 Å². The van der Waals surface area contributed by atoms with E-state index in [1.807, 2.05) is 0 Å². The van der Waals surface area contributed by atoms with Crippen molar-refractivity contribution in [2.75, 3.05) is 0 Å². The summed E-state index contributed by atoms with van der Waals surface area (Å²) in [5.41, 5.74) is 0. The first-order chi connectivity index (χ1) is 8.41. The van der Waals surface area contributed by atoms with Gasteiger partial charge in [-0.3, -0.25) is 0 Å². The fraction of sp³-hybridized carbons (Fsp3) is 0.500. The molecule has 0 aromatic rings. The van der Waals surface area contributed by atoms with Gasteiger partial charge in [-0.05, 0) is 0 Å². The van der Waals surface area contributed by atoms with Crippen molar-refractivity contribution in [3.8, 4) is 0 Å². The van der Waals surface area contributed by atoms with E-state index in [0.717, 1.165) is 0 Å². The summed E-state index contributed by atoms with van der Waals surface area (Å²) in [6.07, 6.45) is -23.0. The molecule has 20 heavy (non-hydrogen) atoms. The number of halogens is 12. The third-order valence-corrected chi connectivity index (χ3v) is 0.923. The molecular weight excluding hydrogens is 324 g/mol. The molecule has 12 heteroatoms. The summed E-state index contributed by atoms with van der Waals surface area (Å²) in [5, 5.41) is 0. The van der Waals surface area contributed by atoms with Gasteiger partial charge in [0.25, 0.3) is 0 Å². The van der Waals surface area contributed by atoms with Crippen molar-refractivity contribution in [1.82, 2.24) is 0 Å². The monoisotopic (exact) mass is 328 g/mol. The molecule has 0 aliphatic rings. The van der Waals surface area contributed by atoms with Crippen LogP contribution in [0.3, 0.4) is 0 Å². The quantitative estimate of drug-likeness (QED) is 0.416. The lowest BCUT2D eigenvalue weighted by Crippen LogP contribution is -2.07. The first kappa shape index (κ1) is 20.9. The van der Waals surface area contributed by atoms with Crippen LogP contribution < -0.4 is 0 Å². The van der Waals surface area contributed by atoms with E-state index in [0.29, 0.717) is 0 Å². The molecule has 0 heterocycles. The van der Waals surface area contributed by atoms with Crippen LogP contribution in [0.4, 0.5) is 52.7 Å². The van der Waals surface area contributed by atoms with Gasteiger partial charge >= 0.3 is 24.7 Å². The predicted molar refractivity (Wildman–Crippen MR) is 42.5 cm³/mol. The maximum absolute atomic E-state index is 11.0. The van der Waals surface area contributed by atoms with Crippen LogP contribution in [0.15, 0.2) is 24.3 Å². The highest BCUT2D eigenvalue weighted by Gasteiger charge is 2.29. The lowest BCUT2D eigenvalue weighted by atomic mass is 10.5. The van der Waals surface area contributed by atoms with Gasteiger partial charge in [-0.2, -0.15) is 52.7 Å². The van der Waals surface area contributed by atoms with Gasteiger partial charge < -0.3 is 0 Å². The zero-order chi connectivity index (χ0) is 16.8. The van der Waals surface area contributed by atoms with Crippen LogP contribution in [-0.2, 0) is 0 Å². The molecule has 0 nitrogen and oxygen atoms in total. The van der Waals surface area contributed by atoms with Gasteiger partial charge in [0, 0.05) is 24.3 Å². The summed E-state index contributed by atoms with van der Waals surface area (Å²) >= 11 is 0. The summed E-state index contributed by atoms with van der Waals surface area (Å²) in [6, 6.07) is 0. The third kappa shape index (κ3) is 25.5. The van der Waals surface area contributed by atoms with Crippen molar-refractivity contribution in [2.24, 2.45) is 0 Å². The second-order valence-electron chi connectivity index (χ2n) is 2.83. The summed E-state index contributed by atoms with van der Waals surface area (Å²) in [5.74, 6) is 0. The summed E-state index contributed by atoms with van der Waals surface area (Å²) in [7, 11) is 0. The minimum absolute atomic E-state index is 0.854. The maximum atomic E-state index is 11.0. The molecule has 0 amide bonds. The summed E-state index contributed by atoms with van der Waals surface area (Å²) in [6.45, 7) is 0. The second kappa shape index (κ2) is 6.88. The fourth-order valence-corrected chi connectivity index (χ4v) is 0.378. The van der Waals surface area contributed by atoms with E-state index in [4.69, 9.17) is 0 Å². The lowest BCUT2D eigenvalue weighted by Gasteiger charge is -1.99. The Bertz CT molecular complexity index is 253. The van der Waals surface area contributed by atoms with Crippen molar-refractivity contribution in [3.63, 3.8) is 0 Å². The van der Waals surface area contributed by atoms with E-state index in [1.165, 1.54) is 0 Å². The highest BCUT2D eigenvalue weighted by atomic mass is 19.4. The molecule has 0 aliphatic heterocycles. The van der Waals surface area contributed by atoms with Crippen molar-refractivity contribution in [1.29, 1.82) is 0 Å². The molecule has 0 rings (SSSR count). The van der Waals surface area contributed by atoms with Gasteiger partial charge in [0.15, 0.2) is 0 Å². The molecule has 0 bridgehead atoms. The second-order valence-corrected chi connectivity index (χ2v) is 2.83. The first-order valence-electron chi connectivity index (χ1n) is 4.09. The Labute approximate surface area is 103 Å². The number of allylic oxidation sites excluding steroid dienone is 4. The topological polar surface area (TPSA) is 0 Å². The molecule has 0 unspecified atom stereocenters. The fourth-order valence-electron chi connectivity index (χ4n) is 0.378. The van der Waals surface area contributed by atoms with Crippen molar-refractivity contribution in [2.45, 2.75) is 24.7 Å². The van der Waals surface area contributed by atoms with Gasteiger partial charge in [0.1, 0.15) is 0 Å². The Hall–Kier alpha value is -1.36. The van der Waals surface area contributed by atoms with Crippen LogP contribution in [0.2, 0.25) is 0 Å². The predicted octanol–water partition coefficient (Wildman–Crippen LogP) is 5.33. The molecule has 0 aromatic carbocycles. The standard InChI is InChI=1S/2C4H2F6/c2*5-3(6,7)1-2-4(8,9)10/h2*1-2H. The minimum atomic E-state index is -4.89. The Morgan fingerprint density at radius 1 is 0.300 bits per heavy atom. The Kier molecular flexibility index (Phi) is 7.21. The zero-order valence-electron chi connectivity index (χ0n) is 8.84. The Morgan fingerprint density at radius 3 is 0.450 bits per heavy atom. The molecule has 0 saturated carbocycles. The lowest BCUT2D eigenvalue weighted by molar-refractivity contribution is -0.0981. The molecule has 0 N–H and O–H groups in total. The highest BCUT2D eigenvalue weighted by molar-refractivity contribution is 4.94. The molecule has 0 aromatic heterocycles. The van der Waals surface area contributed by atoms with Gasteiger partial charge in [-0.1, -0.05) is 0 Å². The number of hydrogen-bond acceptors (Lipinski definition) is 0. The Morgan fingerprint density at radius 2 is 0.400 bits per heavy atom.